The summed E-state index contributed by atoms with van der Waals surface area (Å²) >= 11 is 0. The molecule has 7 heteroatoms. The first kappa shape index (κ1) is 14.8. The third-order valence-corrected chi connectivity index (χ3v) is 3.07. The van der Waals surface area contributed by atoms with Crippen LogP contribution in [0.25, 0.3) is 0 Å². The van der Waals surface area contributed by atoms with Crippen molar-refractivity contribution in [1.29, 1.82) is 0 Å². The van der Waals surface area contributed by atoms with Gasteiger partial charge in [0.15, 0.2) is 0 Å². The van der Waals surface area contributed by atoms with Gasteiger partial charge < -0.3 is 16.4 Å². The summed E-state index contributed by atoms with van der Waals surface area (Å²) in [5.41, 5.74) is 6.12. The summed E-state index contributed by atoms with van der Waals surface area (Å²) in [5.74, 6) is -0.989. The number of hydrogen-bond donors (Lipinski definition) is 4. The van der Waals surface area contributed by atoms with Crippen molar-refractivity contribution in [2.75, 3.05) is 5.32 Å². The van der Waals surface area contributed by atoms with E-state index in [-0.39, 0.29) is 6.04 Å². The van der Waals surface area contributed by atoms with Crippen LogP contribution in [0.4, 0.5) is 10.5 Å². The minimum absolute atomic E-state index is 0.188. The molecule has 0 aromatic heterocycles. The van der Waals surface area contributed by atoms with Crippen LogP contribution in [-0.4, -0.2) is 29.9 Å². The fraction of sp³-hybridized carbons (Fsp3) is 0.357. The van der Waals surface area contributed by atoms with E-state index in [0.29, 0.717) is 11.3 Å². The highest BCUT2D eigenvalue weighted by Crippen LogP contribution is 2.18. The molecule has 1 unspecified atom stereocenters. The van der Waals surface area contributed by atoms with Crippen LogP contribution in [0, 0.1) is 0 Å². The molecule has 2 rings (SSSR count). The van der Waals surface area contributed by atoms with Gasteiger partial charge >= 0.3 is 6.03 Å². The molecule has 1 aromatic rings. The van der Waals surface area contributed by atoms with E-state index in [1.54, 1.807) is 31.2 Å². The Morgan fingerprint density at radius 2 is 2.00 bits per heavy atom. The van der Waals surface area contributed by atoms with E-state index in [1.165, 1.54) is 0 Å². The van der Waals surface area contributed by atoms with Crippen molar-refractivity contribution in [2.45, 2.75) is 31.8 Å². The molecule has 1 aromatic carbocycles. The highest BCUT2D eigenvalue weighted by molar-refractivity contribution is 5.98. The topological polar surface area (TPSA) is 113 Å². The zero-order valence-corrected chi connectivity index (χ0v) is 11.7. The van der Waals surface area contributed by atoms with Crippen molar-refractivity contribution < 1.29 is 14.4 Å². The molecular weight excluding hydrogens is 272 g/mol. The molecule has 7 nitrogen and oxygen atoms in total. The van der Waals surface area contributed by atoms with Crippen molar-refractivity contribution in [3.8, 4) is 0 Å². The van der Waals surface area contributed by atoms with Crippen LogP contribution < -0.4 is 21.7 Å². The molecule has 1 fully saturated rings. The minimum Gasteiger partial charge on any atom is -0.374 e. The lowest BCUT2D eigenvalue weighted by molar-refractivity contribution is -0.120. The van der Waals surface area contributed by atoms with Gasteiger partial charge in [0, 0.05) is 17.3 Å². The fourth-order valence-electron chi connectivity index (χ4n) is 1.75. The SMILES string of the molecule is CC(Nc1cccc(C(N)=O)c1)C(=O)NC(=O)NC1CC1. The molecular formula is C14H18N4O3. The Bertz CT molecular complexity index is 569. The molecule has 21 heavy (non-hydrogen) atoms. The third-order valence-electron chi connectivity index (χ3n) is 3.07. The zero-order chi connectivity index (χ0) is 15.4. The lowest BCUT2D eigenvalue weighted by atomic mass is 10.2. The Morgan fingerprint density at radius 3 is 2.62 bits per heavy atom. The maximum atomic E-state index is 11.9. The molecule has 1 aliphatic rings. The highest BCUT2D eigenvalue weighted by Gasteiger charge is 2.24. The van der Waals surface area contributed by atoms with Gasteiger partial charge in [-0.25, -0.2) is 4.79 Å². The Hall–Kier alpha value is -2.57. The van der Waals surface area contributed by atoms with Crippen molar-refractivity contribution in [2.24, 2.45) is 5.73 Å². The van der Waals surface area contributed by atoms with Gasteiger partial charge in [-0.1, -0.05) is 6.07 Å². The highest BCUT2D eigenvalue weighted by atomic mass is 16.2. The van der Waals surface area contributed by atoms with Crippen molar-refractivity contribution in [1.82, 2.24) is 10.6 Å². The molecule has 0 saturated heterocycles. The number of hydrogen-bond acceptors (Lipinski definition) is 4. The van der Waals surface area contributed by atoms with Gasteiger partial charge in [0.25, 0.3) is 0 Å². The van der Waals surface area contributed by atoms with Crippen molar-refractivity contribution >= 4 is 23.5 Å². The molecule has 0 bridgehead atoms. The zero-order valence-electron chi connectivity index (χ0n) is 11.7. The van der Waals surface area contributed by atoms with Gasteiger partial charge in [0.1, 0.15) is 6.04 Å². The lowest BCUT2D eigenvalue weighted by Gasteiger charge is -2.15. The Morgan fingerprint density at radius 1 is 1.29 bits per heavy atom. The van der Waals surface area contributed by atoms with Crippen LogP contribution in [0.1, 0.15) is 30.1 Å². The number of urea groups is 1. The lowest BCUT2D eigenvalue weighted by Crippen LogP contribution is -2.46. The van der Waals surface area contributed by atoms with Gasteiger partial charge in [-0.3, -0.25) is 14.9 Å². The molecule has 0 spiro atoms. The Labute approximate surface area is 122 Å². The fourth-order valence-corrected chi connectivity index (χ4v) is 1.75. The molecule has 4 amide bonds. The summed E-state index contributed by atoms with van der Waals surface area (Å²) in [5, 5.41) is 7.84. The van der Waals surface area contributed by atoms with Crippen LogP contribution in [-0.2, 0) is 4.79 Å². The number of carbonyl (C=O) groups is 3. The number of anilines is 1. The van der Waals surface area contributed by atoms with Gasteiger partial charge in [-0.2, -0.15) is 0 Å². The maximum Gasteiger partial charge on any atom is 0.321 e. The number of amides is 4. The first-order valence-corrected chi connectivity index (χ1v) is 6.73. The second-order valence-corrected chi connectivity index (χ2v) is 5.05. The van der Waals surface area contributed by atoms with Crippen molar-refractivity contribution in [3.63, 3.8) is 0 Å². The van der Waals surface area contributed by atoms with E-state index in [0.717, 1.165) is 12.8 Å². The molecule has 1 saturated carbocycles. The van der Waals surface area contributed by atoms with E-state index in [9.17, 15) is 14.4 Å². The quantitative estimate of drug-likeness (QED) is 0.635. The van der Waals surface area contributed by atoms with Crippen molar-refractivity contribution in [3.05, 3.63) is 29.8 Å². The second kappa shape index (κ2) is 6.25. The molecule has 0 aliphatic heterocycles. The first-order valence-electron chi connectivity index (χ1n) is 6.73. The average Bonchev–Trinajstić information content (AvgIpc) is 3.22. The van der Waals surface area contributed by atoms with Crippen LogP contribution >= 0.6 is 0 Å². The van der Waals surface area contributed by atoms with E-state index >= 15 is 0 Å². The van der Waals surface area contributed by atoms with E-state index < -0.39 is 23.9 Å². The van der Waals surface area contributed by atoms with Crippen LogP contribution in [0.3, 0.4) is 0 Å². The number of benzene rings is 1. The van der Waals surface area contributed by atoms with Gasteiger partial charge in [0.05, 0.1) is 0 Å². The molecule has 5 N–H and O–H groups in total. The molecule has 1 atom stereocenters. The normalized spacial score (nSPS) is 14.9. The molecule has 0 radical (unpaired) electrons. The van der Waals surface area contributed by atoms with Gasteiger partial charge in [-0.15, -0.1) is 0 Å². The number of carbonyl (C=O) groups excluding carboxylic acids is 3. The predicted octanol–water partition coefficient (Wildman–Crippen LogP) is 0.574. The molecule has 112 valence electrons. The average molecular weight is 290 g/mol. The first-order chi connectivity index (χ1) is 9.95. The van der Waals surface area contributed by atoms with E-state index in [1.807, 2.05) is 0 Å². The van der Waals surface area contributed by atoms with Crippen LogP contribution in [0.2, 0.25) is 0 Å². The summed E-state index contributed by atoms with van der Waals surface area (Å²) in [6, 6.07) is 5.58. The number of primary amides is 1. The Kier molecular flexibility index (Phi) is 4.42. The standard InChI is InChI=1S/C14H18N4O3/c1-8(13(20)18-14(21)17-10-5-6-10)16-11-4-2-3-9(7-11)12(15)19/h2-4,7-8,10,16H,5-6H2,1H3,(H2,15,19)(H2,17,18,20,21). The number of nitrogens with one attached hydrogen (secondary N) is 3. The summed E-state index contributed by atoms with van der Waals surface area (Å²) in [7, 11) is 0. The monoisotopic (exact) mass is 290 g/mol. The van der Waals surface area contributed by atoms with Crippen LogP contribution in [0.5, 0.6) is 0 Å². The van der Waals surface area contributed by atoms with E-state index in [4.69, 9.17) is 5.73 Å². The smallest absolute Gasteiger partial charge is 0.321 e. The molecule has 0 heterocycles. The Balaban J connectivity index is 1.88. The maximum absolute atomic E-state index is 11.9. The number of nitrogens with two attached hydrogens (primary N) is 1. The summed E-state index contributed by atoms with van der Waals surface area (Å²) < 4.78 is 0. The predicted molar refractivity (Wildman–Crippen MR) is 77.7 cm³/mol. The summed E-state index contributed by atoms with van der Waals surface area (Å²) in [6.45, 7) is 1.62. The summed E-state index contributed by atoms with van der Waals surface area (Å²) in [6.07, 6.45) is 1.91. The largest absolute Gasteiger partial charge is 0.374 e. The van der Waals surface area contributed by atoms with E-state index in [2.05, 4.69) is 16.0 Å². The second-order valence-electron chi connectivity index (χ2n) is 5.05. The van der Waals surface area contributed by atoms with Gasteiger partial charge in [-0.05, 0) is 38.0 Å². The van der Waals surface area contributed by atoms with Crippen LogP contribution in [0.15, 0.2) is 24.3 Å². The third kappa shape index (κ3) is 4.48. The van der Waals surface area contributed by atoms with Gasteiger partial charge in [0.2, 0.25) is 11.8 Å². The molecule has 1 aliphatic carbocycles. The summed E-state index contributed by atoms with van der Waals surface area (Å²) in [4.78, 5) is 34.4. The number of rotatable bonds is 5. The number of imide groups is 1. The minimum atomic E-state index is -0.627.